The molecule has 0 spiro atoms. The minimum atomic E-state index is 0.00883. The van der Waals surface area contributed by atoms with Crippen molar-refractivity contribution in [2.45, 2.75) is 0 Å². The van der Waals surface area contributed by atoms with E-state index in [1.807, 2.05) is 11.3 Å². The van der Waals surface area contributed by atoms with E-state index in [0.717, 1.165) is 5.69 Å². The first-order chi connectivity index (χ1) is 32.2. The van der Waals surface area contributed by atoms with Crippen molar-refractivity contribution in [3.05, 3.63) is 231 Å². The van der Waals surface area contributed by atoms with Crippen molar-refractivity contribution >= 4 is 147 Å². The summed E-state index contributed by atoms with van der Waals surface area (Å²) in [6, 6.07) is 86.4. The Bertz CT molecular complexity index is 4210. The zero-order valence-corrected chi connectivity index (χ0v) is 36.2. The smallest absolute Gasteiger partial charge is 0.242 e. The fourth-order valence-electron chi connectivity index (χ4n) is 11.2. The van der Waals surface area contributed by atoms with E-state index >= 15 is 0 Å². The third-order valence-electron chi connectivity index (χ3n) is 14.1. The van der Waals surface area contributed by atoms with Crippen LogP contribution in [0.15, 0.2) is 231 Å². The van der Waals surface area contributed by atoms with Crippen LogP contribution in [0.1, 0.15) is 0 Å². The molecular formula is C62H38BNS. The Hall–Kier alpha value is -7.98. The summed E-state index contributed by atoms with van der Waals surface area (Å²) in [6.45, 7) is 0.00883. The van der Waals surface area contributed by atoms with Crippen LogP contribution in [0.3, 0.4) is 0 Å². The maximum Gasteiger partial charge on any atom is 0.242 e. The van der Waals surface area contributed by atoms with Gasteiger partial charge in [-0.2, -0.15) is 0 Å². The number of rotatable bonds is 6. The first-order valence-corrected chi connectivity index (χ1v) is 23.3. The molecule has 14 rings (SSSR count). The van der Waals surface area contributed by atoms with Crippen LogP contribution in [0.2, 0.25) is 0 Å². The minimum absolute atomic E-state index is 0.00883. The van der Waals surface area contributed by atoms with Gasteiger partial charge in [0.2, 0.25) is 6.71 Å². The van der Waals surface area contributed by atoms with E-state index in [1.165, 1.54) is 123 Å². The Morgan fingerprint density at radius 1 is 0.308 bits per heavy atom. The quantitative estimate of drug-likeness (QED) is 0.0916. The lowest BCUT2D eigenvalue weighted by Gasteiger charge is -2.29. The normalized spacial score (nSPS) is 12.0. The van der Waals surface area contributed by atoms with Gasteiger partial charge in [0, 0.05) is 31.9 Å². The number of hydrogen-bond acceptors (Lipinski definition) is 2. The molecule has 0 aliphatic rings. The van der Waals surface area contributed by atoms with E-state index in [-0.39, 0.29) is 6.71 Å². The van der Waals surface area contributed by atoms with Crippen molar-refractivity contribution < 1.29 is 0 Å². The van der Waals surface area contributed by atoms with E-state index in [0.29, 0.717) is 0 Å². The lowest BCUT2D eigenvalue weighted by molar-refractivity contribution is 1.33. The van der Waals surface area contributed by atoms with Gasteiger partial charge in [-0.25, -0.2) is 0 Å². The second-order valence-electron chi connectivity index (χ2n) is 17.5. The van der Waals surface area contributed by atoms with Crippen molar-refractivity contribution in [3.63, 3.8) is 0 Å². The summed E-state index contributed by atoms with van der Waals surface area (Å²) in [6.07, 6.45) is 0. The molecule has 0 saturated heterocycles. The van der Waals surface area contributed by atoms with Crippen molar-refractivity contribution in [1.29, 1.82) is 0 Å². The summed E-state index contributed by atoms with van der Waals surface area (Å²) < 4.78 is 2.59. The highest BCUT2D eigenvalue weighted by atomic mass is 32.1. The predicted octanol–water partition coefficient (Wildman–Crippen LogP) is 15.6. The molecule has 0 atom stereocenters. The third-order valence-corrected chi connectivity index (χ3v) is 15.3. The largest absolute Gasteiger partial charge is 0.308 e. The fraction of sp³-hybridized carbons (Fsp3) is 0. The number of nitrogens with zero attached hydrogens (tertiary/aromatic N) is 1. The molecule has 0 radical (unpaired) electrons. The highest BCUT2D eigenvalue weighted by Crippen LogP contribution is 2.50. The first kappa shape index (κ1) is 36.5. The third kappa shape index (κ3) is 5.53. The SMILES string of the molecule is c1ccc(B(c2ccc3ccc4ccccc4c3c2)c2ccc3c4ccccc4c4c(N(c5ccc6ccccc6c5)c5cccc6c5sc5ccccc56)ccc5ccc2c3c54)cc1. The Labute approximate surface area is 380 Å². The van der Waals surface area contributed by atoms with Gasteiger partial charge in [-0.15, -0.1) is 11.3 Å². The molecule has 0 saturated carbocycles. The number of fused-ring (bicyclic) bond motifs is 10. The standard InChI is InChI=1S/C62H38BNS/c1-2-16-44(17-3-1)63(45-31-27-41-26-25-40-14-6-7-18-47(40)54(41)38-45)55-35-34-51-48-19-8-9-21-50(48)61-56(36-30-42-29-33-53(55)60(51)59(42)61)64(46-32-28-39-13-4-5-15-43(39)37-46)57-23-12-22-52-49-20-10-11-24-58(49)65-62(52)57/h1-38H. The zero-order valence-electron chi connectivity index (χ0n) is 35.4. The van der Waals surface area contributed by atoms with Gasteiger partial charge in [0.05, 0.1) is 16.1 Å². The van der Waals surface area contributed by atoms with Crippen LogP contribution in [-0.2, 0) is 0 Å². The molecule has 1 aromatic heterocycles. The van der Waals surface area contributed by atoms with Crippen LogP contribution in [0.25, 0.3) is 95.6 Å². The van der Waals surface area contributed by atoms with Gasteiger partial charge in [-0.05, 0) is 95.0 Å². The average Bonchev–Trinajstić information content (AvgIpc) is 3.76. The summed E-state index contributed by atoms with van der Waals surface area (Å²) in [4.78, 5) is 2.55. The second kappa shape index (κ2) is 14.3. The second-order valence-corrected chi connectivity index (χ2v) is 18.6. The topological polar surface area (TPSA) is 3.24 Å². The van der Waals surface area contributed by atoms with Gasteiger partial charge in [0.25, 0.3) is 0 Å². The van der Waals surface area contributed by atoms with Crippen LogP contribution < -0.4 is 21.3 Å². The molecular weight excluding hydrogens is 802 g/mol. The van der Waals surface area contributed by atoms with Crippen LogP contribution >= 0.6 is 11.3 Å². The lowest BCUT2D eigenvalue weighted by atomic mass is 9.36. The molecule has 0 fully saturated rings. The molecule has 0 amide bonds. The fourth-order valence-corrected chi connectivity index (χ4v) is 12.4. The lowest BCUT2D eigenvalue weighted by Crippen LogP contribution is -2.52. The maximum atomic E-state index is 2.55. The maximum absolute atomic E-state index is 2.55. The molecule has 0 aliphatic heterocycles. The Balaban J connectivity index is 1.09. The summed E-state index contributed by atoms with van der Waals surface area (Å²) in [5.74, 6) is 0. The Morgan fingerprint density at radius 2 is 0.938 bits per heavy atom. The molecule has 0 unspecified atom stereocenters. The van der Waals surface area contributed by atoms with E-state index in [2.05, 4.69) is 235 Å². The average molecular weight is 840 g/mol. The highest BCUT2D eigenvalue weighted by molar-refractivity contribution is 7.26. The van der Waals surface area contributed by atoms with E-state index in [4.69, 9.17) is 0 Å². The van der Waals surface area contributed by atoms with Gasteiger partial charge in [0.15, 0.2) is 0 Å². The number of benzene rings is 13. The zero-order chi connectivity index (χ0) is 42.6. The minimum Gasteiger partial charge on any atom is -0.308 e. The molecule has 0 bridgehead atoms. The summed E-state index contributed by atoms with van der Waals surface area (Å²) in [5.41, 5.74) is 7.39. The van der Waals surface area contributed by atoms with Crippen molar-refractivity contribution in [1.82, 2.24) is 0 Å². The van der Waals surface area contributed by atoms with Crippen LogP contribution in [0.5, 0.6) is 0 Å². The number of anilines is 3. The van der Waals surface area contributed by atoms with Crippen molar-refractivity contribution in [2.75, 3.05) is 4.90 Å². The molecule has 14 aromatic rings. The molecule has 1 heterocycles. The Kier molecular flexibility index (Phi) is 8.01. The molecule has 300 valence electrons. The van der Waals surface area contributed by atoms with Gasteiger partial charge >= 0.3 is 0 Å². The predicted molar refractivity (Wildman–Crippen MR) is 285 cm³/mol. The monoisotopic (exact) mass is 839 g/mol. The number of thiophene rings is 1. The number of hydrogen-bond donors (Lipinski definition) is 0. The van der Waals surface area contributed by atoms with Crippen molar-refractivity contribution in [3.8, 4) is 0 Å². The summed E-state index contributed by atoms with van der Waals surface area (Å²) >= 11 is 1.89. The first-order valence-electron chi connectivity index (χ1n) is 22.5. The molecule has 0 aliphatic carbocycles. The summed E-state index contributed by atoms with van der Waals surface area (Å²) in [5, 5.41) is 20.4. The van der Waals surface area contributed by atoms with E-state index in [9.17, 15) is 0 Å². The molecule has 1 nitrogen and oxygen atoms in total. The van der Waals surface area contributed by atoms with E-state index < -0.39 is 0 Å². The van der Waals surface area contributed by atoms with Crippen molar-refractivity contribution in [2.24, 2.45) is 0 Å². The van der Waals surface area contributed by atoms with Crippen LogP contribution in [0, 0.1) is 0 Å². The molecule has 13 aromatic carbocycles. The van der Waals surface area contributed by atoms with Crippen LogP contribution in [-0.4, -0.2) is 6.71 Å². The molecule has 3 heteroatoms. The molecule has 0 N–H and O–H groups in total. The highest BCUT2D eigenvalue weighted by Gasteiger charge is 2.28. The van der Waals surface area contributed by atoms with E-state index in [1.54, 1.807) is 0 Å². The van der Waals surface area contributed by atoms with Crippen LogP contribution in [0.4, 0.5) is 17.1 Å². The van der Waals surface area contributed by atoms with Gasteiger partial charge in [-0.1, -0.05) is 217 Å². The van der Waals surface area contributed by atoms with Gasteiger partial charge in [-0.3, -0.25) is 0 Å². The van der Waals surface area contributed by atoms with Gasteiger partial charge < -0.3 is 4.90 Å². The van der Waals surface area contributed by atoms with Gasteiger partial charge in [0.1, 0.15) is 0 Å². The Morgan fingerprint density at radius 3 is 1.82 bits per heavy atom. The summed E-state index contributed by atoms with van der Waals surface area (Å²) in [7, 11) is 0. The molecule has 65 heavy (non-hydrogen) atoms.